The molecule has 0 saturated heterocycles. The second kappa shape index (κ2) is 3.74. The molecule has 0 unspecified atom stereocenters. The van der Waals surface area contributed by atoms with Crippen molar-refractivity contribution in [3.8, 4) is 5.75 Å². The van der Waals surface area contributed by atoms with Gasteiger partial charge in [0.05, 0.1) is 5.56 Å². The molecule has 1 saturated carbocycles. The Bertz CT molecular complexity index is 402. The third kappa shape index (κ3) is 2.07. The van der Waals surface area contributed by atoms with Crippen LogP contribution in [-0.4, -0.2) is 29.0 Å². The van der Waals surface area contributed by atoms with Crippen molar-refractivity contribution in [2.45, 2.75) is 18.9 Å². The summed E-state index contributed by atoms with van der Waals surface area (Å²) < 4.78 is 0. The number of phenols is 1. The molecule has 1 aromatic carbocycles. The number of benzene rings is 1. The molecule has 80 valence electrons. The second-order valence-electron chi connectivity index (χ2n) is 3.81. The topological polar surface area (TPSA) is 40.5 Å². The minimum Gasteiger partial charge on any atom is -0.507 e. The lowest BCUT2D eigenvalue weighted by molar-refractivity contribution is 0.0782. The zero-order chi connectivity index (χ0) is 11.0. The van der Waals surface area contributed by atoms with Crippen molar-refractivity contribution in [1.82, 2.24) is 4.90 Å². The third-order valence-electron chi connectivity index (χ3n) is 2.61. The fourth-order valence-electron chi connectivity index (χ4n) is 1.50. The lowest BCUT2D eigenvalue weighted by Crippen LogP contribution is -2.28. The molecular formula is C11H12ClNO2. The predicted molar refractivity (Wildman–Crippen MR) is 58.2 cm³/mol. The van der Waals surface area contributed by atoms with Crippen molar-refractivity contribution in [3.63, 3.8) is 0 Å². The molecule has 1 amide bonds. The van der Waals surface area contributed by atoms with E-state index in [1.165, 1.54) is 6.07 Å². The number of phenolic OH excluding ortho intramolecular Hbond substituents is 1. The average Bonchev–Trinajstić information content (AvgIpc) is 2.99. The molecule has 0 atom stereocenters. The standard InChI is InChI=1S/C11H12ClNO2/c1-13(8-3-4-8)11(15)9-5-2-7(12)6-10(9)14/h2,5-6,8,14H,3-4H2,1H3. The molecule has 1 aromatic rings. The molecular weight excluding hydrogens is 214 g/mol. The minimum absolute atomic E-state index is 0.0556. The first kappa shape index (κ1) is 10.3. The summed E-state index contributed by atoms with van der Waals surface area (Å²) in [6, 6.07) is 4.89. The molecule has 0 spiro atoms. The average molecular weight is 226 g/mol. The van der Waals surface area contributed by atoms with Gasteiger partial charge in [-0.05, 0) is 31.0 Å². The fourth-order valence-corrected chi connectivity index (χ4v) is 1.67. The van der Waals surface area contributed by atoms with E-state index < -0.39 is 0 Å². The van der Waals surface area contributed by atoms with Gasteiger partial charge in [-0.1, -0.05) is 11.6 Å². The minimum atomic E-state index is -0.147. The van der Waals surface area contributed by atoms with Crippen LogP contribution in [0.25, 0.3) is 0 Å². The summed E-state index contributed by atoms with van der Waals surface area (Å²) >= 11 is 5.69. The van der Waals surface area contributed by atoms with Crippen molar-refractivity contribution >= 4 is 17.5 Å². The molecule has 0 heterocycles. The fraction of sp³-hybridized carbons (Fsp3) is 0.364. The van der Waals surface area contributed by atoms with Gasteiger partial charge >= 0.3 is 0 Å². The van der Waals surface area contributed by atoms with E-state index in [1.54, 1.807) is 24.1 Å². The van der Waals surface area contributed by atoms with E-state index in [0.717, 1.165) is 12.8 Å². The summed E-state index contributed by atoms with van der Waals surface area (Å²) in [6.07, 6.45) is 2.10. The zero-order valence-corrected chi connectivity index (χ0v) is 9.16. The smallest absolute Gasteiger partial charge is 0.257 e. The molecule has 4 heteroatoms. The van der Waals surface area contributed by atoms with Gasteiger partial charge in [0.1, 0.15) is 5.75 Å². The second-order valence-corrected chi connectivity index (χ2v) is 4.25. The molecule has 1 aliphatic carbocycles. The first-order valence-electron chi connectivity index (χ1n) is 4.85. The van der Waals surface area contributed by atoms with Crippen LogP contribution in [-0.2, 0) is 0 Å². The van der Waals surface area contributed by atoms with Gasteiger partial charge in [-0.15, -0.1) is 0 Å². The van der Waals surface area contributed by atoms with E-state index in [1.807, 2.05) is 0 Å². The SMILES string of the molecule is CN(C(=O)c1ccc(Cl)cc1O)C1CC1. The Morgan fingerprint density at radius 2 is 2.20 bits per heavy atom. The summed E-state index contributed by atoms with van der Waals surface area (Å²) in [4.78, 5) is 13.6. The molecule has 3 nitrogen and oxygen atoms in total. The van der Waals surface area contributed by atoms with Gasteiger partial charge in [-0.25, -0.2) is 0 Å². The number of aromatic hydroxyl groups is 1. The maximum absolute atomic E-state index is 11.9. The largest absolute Gasteiger partial charge is 0.507 e. The number of rotatable bonds is 2. The molecule has 0 radical (unpaired) electrons. The van der Waals surface area contributed by atoms with Crippen LogP contribution in [0.4, 0.5) is 0 Å². The summed E-state index contributed by atoms with van der Waals surface area (Å²) in [7, 11) is 1.76. The number of hydrogen-bond acceptors (Lipinski definition) is 2. The highest BCUT2D eigenvalue weighted by Gasteiger charge is 2.30. The van der Waals surface area contributed by atoms with Crippen LogP contribution in [0, 0.1) is 0 Å². The highest BCUT2D eigenvalue weighted by Crippen LogP contribution is 2.29. The van der Waals surface area contributed by atoms with Gasteiger partial charge in [-0.3, -0.25) is 4.79 Å². The number of amides is 1. The van der Waals surface area contributed by atoms with Crippen molar-refractivity contribution in [1.29, 1.82) is 0 Å². The quantitative estimate of drug-likeness (QED) is 0.839. The van der Waals surface area contributed by atoms with Crippen LogP contribution in [0.2, 0.25) is 5.02 Å². The highest BCUT2D eigenvalue weighted by atomic mass is 35.5. The first-order valence-corrected chi connectivity index (χ1v) is 5.23. The molecule has 1 fully saturated rings. The highest BCUT2D eigenvalue weighted by molar-refractivity contribution is 6.30. The number of halogens is 1. The Hall–Kier alpha value is -1.22. The number of hydrogen-bond donors (Lipinski definition) is 1. The van der Waals surface area contributed by atoms with Gasteiger partial charge in [0, 0.05) is 18.1 Å². The van der Waals surface area contributed by atoms with E-state index in [0.29, 0.717) is 16.6 Å². The van der Waals surface area contributed by atoms with Crippen molar-refractivity contribution in [3.05, 3.63) is 28.8 Å². The van der Waals surface area contributed by atoms with Gasteiger partial charge in [0.25, 0.3) is 5.91 Å². The van der Waals surface area contributed by atoms with Crippen LogP contribution in [0.5, 0.6) is 5.75 Å². The van der Waals surface area contributed by atoms with Crippen LogP contribution in [0.15, 0.2) is 18.2 Å². The Balaban J connectivity index is 2.24. The number of carbonyl (C=O) groups excluding carboxylic acids is 1. The predicted octanol–water partition coefficient (Wildman–Crippen LogP) is 2.28. The Morgan fingerprint density at radius 3 is 2.73 bits per heavy atom. The molecule has 0 aromatic heterocycles. The number of nitrogens with zero attached hydrogens (tertiary/aromatic N) is 1. The van der Waals surface area contributed by atoms with Gasteiger partial charge in [0.2, 0.25) is 0 Å². The lowest BCUT2D eigenvalue weighted by atomic mass is 10.2. The molecule has 0 bridgehead atoms. The number of carbonyl (C=O) groups is 1. The van der Waals surface area contributed by atoms with E-state index in [4.69, 9.17) is 11.6 Å². The molecule has 0 aliphatic heterocycles. The monoisotopic (exact) mass is 225 g/mol. The van der Waals surface area contributed by atoms with Crippen LogP contribution >= 0.6 is 11.6 Å². The van der Waals surface area contributed by atoms with Gasteiger partial charge in [-0.2, -0.15) is 0 Å². The summed E-state index contributed by atoms with van der Waals surface area (Å²) in [5, 5.41) is 10.0. The van der Waals surface area contributed by atoms with Crippen molar-refractivity contribution in [2.24, 2.45) is 0 Å². The maximum atomic E-state index is 11.9. The van der Waals surface area contributed by atoms with E-state index in [2.05, 4.69) is 0 Å². The normalized spacial score (nSPS) is 15.1. The summed E-state index contributed by atoms with van der Waals surface area (Å²) in [6.45, 7) is 0. The third-order valence-corrected chi connectivity index (χ3v) is 2.84. The summed E-state index contributed by atoms with van der Waals surface area (Å²) in [5.41, 5.74) is 0.314. The summed E-state index contributed by atoms with van der Waals surface area (Å²) in [5.74, 6) is -0.202. The maximum Gasteiger partial charge on any atom is 0.257 e. The molecule has 1 aliphatic rings. The Kier molecular flexibility index (Phi) is 2.57. The first-order chi connectivity index (χ1) is 7.09. The van der Waals surface area contributed by atoms with Crippen LogP contribution in [0.1, 0.15) is 23.2 Å². The van der Waals surface area contributed by atoms with E-state index in [-0.39, 0.29) is 11.7 Å². The van der Waals surface area contributed by atoms with Crippen molar-refractivity contribution in [2.75, 3.05) is 7.05 Å². The van der Waals surface area contributed by atoms with Crippen LogP contribution in [0.3, 0.4) is 0 Å². The zero-order valence-electron chi connectivity index (χ0n) is 8.40. The molecule has 2 rings (SSSR count). The lowest BCUT2D eigenvalue weighted by Gasteiger charge is -2.16. The van der Waals surface area contributed by atoms with E-state index >= 15 is 0 Å². The molecule has 1 N–H and O–H groups in total. The van der Waals surface area contributed by atoms with Gasteiger partial charge < -0.3 is 10.0 Å². The Labute approximate surface area is 93.3 Å². The van der Waals surface area contributed by atoms with Crippen LogP contribution < -0.4 is 0 Å². The Morgan fingerprint density at radius 1 is 1.53 bits per heavy atom. The van der Waals surface area contributed by atoms with E-state index in [9.17, 15) is 9.90 Å². The van der Waals surface area contributed by atoms with Crippen molar-refractivity contribution < 1.29 is 9.90 Å². The van der Waals surface area contributed by atoms with Gasteiger partial charge in [0.15, 0.2) is 0 Å². The molecule has 15 heavy (non-hydrogen) atoms.